The monoisotopic (exact) mass is 449 g/mol. The molecule has 0 spiro atoms. The first-order chi connectivity index (χ1) is 14.5. The molecule has 31 heavy (non-hydrogen) atoms. The van der Waals surface area contributed by atoms with Gasteiger partial charge in [-0.25, -0.2) is 4.39 Å². The van der Waals surface area contributed by atoms with E-state index in [4.69, 9.17) is 9.47 Å². The lowest BCUT2D eigenvalue weighted by atomic mass is 9.89. The standard InChI is InChI=1S/C24H28FNO4.ClH/c1-17(27)20-6-9-22(23(16-20)29-2)30-15-3-12-26-13-10-19(11-14-26)24(28)18-4-7-21(25)8-5-18;/h4-9,16,19H,3,10-15H2,1-2H3;1H. The van der Waals surface area contributed by atoms with Crippen molar-refractivity contribution in [2.24, 2.45) is 5.92 Å². The van der Waals surface area contributed by atoms with Crippen LogP contribution < -0.4 is 26.8 Å². The number of ketones is 2. The number of nitrogens with one attached hydrogen (secondary N) is 1. The van der Waals surface area contributed by atoms with E-state index in [0.29, 0.717) is 29.2 Å². The molecule has 168 valence electrons. The Hall–Kier alpha value is -2.44. The molecule has 2 aromatic carbocycles. The lowest BCUT2D eigenvalue weighted by Crippen LogP contribution is -3.13. The second kappa shape index (κ2) is 11.8. The molecule has 0 aromatic heterocycles. The maximum atomic E-state index is 13.0. The van der Waals surface area contributed by atoms with Crippen molar-refractivity contribution in [1.82, 2.24) is 0 Å². The summed E-state index contributed by atoms with van der Waals surface area (Å²) in [7, 11) is 1.56. The Morgan fingerprint density at radius 3 is 2.29 bits per heavy atom. The van der Waals surface area contributed by atoms with Crippen LogP contribution in [0.2, 0.25) is 0 Å². The topological polar surface area (TPSA) is 57.0 Å². The van der Waals surface area contributed by atoms with Crippen LogP contribution in [0.25, 0.3) is 0 Å². The van der Waals surface area contributed by atoms with E-state index < -0.39 is 0 Å². The largest absolute Gasteiger partial charge is 1.00 e. The van der Waals surface area contributed by atoms with Crippen LogP contribution in [0.15, 0.2) is 42.5 Å². The van der Waals surface area contributed by atoms with Crippen molar-refractivity contribution in [3.05, 3.63) is 59.4 Å². The minimum atomic E-state index is -0.319. The van der Waals surface area contributed by atoms with E-state index in [-0.39, 0.29) is 35.7 Å². The molecular formula is C24H29ClFNO4. The molecule has 1 aliphatic heterocycles. The van der Waals surface area contributed by atoms with Gasteiger partial charge < -0.3 is 26.8 Å². The van der Waals surface area contributed by atoms with Crippen molar-refractivity contribution in [3.8, 4) is 11.5 Å². The lowest BCUT2D eigenvalue weighted by Gasteiger charge is -2.28. The molecule has 0 saturated carbocycles. The second-order valence-corrected chi connectivity index (χ2v) is 7.77. The van der Waals surface area contributed by atoms with Gasteiger partial charge in [0, 0.05) is 36.3 Å². The molecule has 0 atom stereocenters. The van der Waals surface area contributed by atoms with E-state index in [2.05, 4.69) is 0 Å². The quantitative estimate of drug-likeness (QED) is 0.432. The van der Waals surface area contributed by atoms with E-state index >= 15 is 0 Å². The van der Waals surface area contributed by atoms with Gasteiger partial charge >= 0.3 is 0 Å². The fourth-order valence-electron chi connectivity index (χ4n) is 3.90. The number of likely N-dealkylation sites (tertiary alicyclic amines) is 1. The smallest absolute Gasteiger partial charge is 0.166 e. The predicted molar refractivity (Wildman–Crippen MR) is 112 cm³/mol. The predicted octanol–water partition coefficient (Wildman–Crippen LogP) is -0.0124. The molecule has 1 heterocycles. The van der Waals surface area contributed by atoms with Crippen LogP contribution in [0.1, 0.15) is 46.9 Å². The van der Waals surface area contributed by atoms with Crippen molar-refractivity contribution in [3.63, 3.8) is 0 Å². The van der Waals surface area contributed by atoms with Crippen molar-refractivity contribution >= 4 is 11.6 Å². The molecular weight excluding hydrogens is 421 g/mol. The average Bonchev–Trinajstić information content (AvgIpc) is 2.77. The maximum Gasteiger partial charge on any atom is 0.166 e. The van der Waals surface area contributed by atoms with Gasteiger partial charge in [0.1, 0.15) is 5.82 Å². The number of piperidine rings is 1. The molecule has 0 bridgehead atoms. The normalized spacial score (nSPS) is 18.0. The summed E-state index contributed by atoms with van der Waals surface area (Å²) in [6.07, 6.45) is 2.60. The van der Waals surface area contributed by atoms with Crippen LogP contribution in [0, 0.1) is 11.7 Å². The summed E-state index contributed by atoms with van der Waals surface area (Å²) in [5.41, 5.74) is 1.20. The third-order valence-corrected chi connectivity index (χ3v) is 5.69. The zero-order valence-electron chi connectivity index (χ0n) is 18.0. The molecule has 3 rings (SSSR count). The summed E-state index contributed by atoms with van der Waals surface area (Å²) < 4.78 is 24.2. The Kier molecular flexibility index (Phi) is 9.46. The van der Waals surface area contributed by atoms with Crippen molar-refractivity contribution in [1.29, 1.82) is 0 Å². The number of hydrogen-bond acceptors (Lipinski definition) is 4. The molecule has 1 fully saturated rings. The van der Waals surface area contributed by atoms with Gasteiger partial charge in [-0.15, -0.1) is 0 Å². The number of halogens is 2. The summed E-state index contributed by atoms with van der Waals surface area (Å²) in [6, 6.07) is 11.1. The first kappa shape index (κ1) is 24.8. The van der Waals surface area contributed by atoms with Crippen LogP contribution in [-0.2, 0) is 0 Å². The number of carbonyl (C=O) groups excluding carboxylic acids is 2. The Labute approximate surface area is 188 Å². The minimum Gasteiger partial charge on any atom is -1.00 e. The van der Waals surface area contributed by atoms with Crippen LogP contribution in [0.3, 0.4) is 0 Å². The van der Waals surface area contributed by atoms with E-state index in [1.807, 2.05) is 0 Å². The number of hydrogen-bond donors (Lipinski definition) is 1. The van der Waals surface area contributed by atoms with Crippen molar-refractivity contribution in [2.45, 2.75) is 26.2 Å². The fourth-order valence-corrected chi connectivity index (χ4v) is 3.90. The summed E-state index contributed by atoms with van der Waals surface area (Å²) in [4.78, 5) is 25.5. The van der Waals surface area contributed by atoms with Gasteiger partial charge in [-0.2, -0.15) is 0 Å². The minimum absolute atomic E-state index is 0. The third kappa shape index (κ3) is 6.77. The van der Waals surface area contributed by atoms with Gasteiger partial charge in [0.15, 0.2) is 23.1 Å². The van der Waals surface area contributed by atoms with Gasteiger partial charge in [-0.3, -0.25) is 9.59 Å². The molecule has 0 unspecified atom stereocenters. The van der Waals surface area contributed by atoms with Gasteiger partial charge in [-0.1, -0.05) is 0 Å². The van der Waals surface area contributed by atoms with Crippen LogP contribution in [-0.4, -0.2) is 44.9 Å². The van der Waals surface area contributed by atoms with E-state index in [1.54, 1.807) is 37.4 Å². The Morgan fingerprint density at radius 1 is 1.03 bits per heavy atom. The summed E-state index contributed by atoms with van der Waals surface area (Å²) in [6.45, 7) is 4.97. The highest BCUT2D eigenvalue weighted by molar-refractivity contribution is 5.97. The number of rotatable bonds is 9. The Bertz CT molecular complexity index is 880. The molecule has 1 N–H and O–H groups in total. The molecule has 0 radical (unpaired) electrons. The van der Waals surface area contributed by atoms with Crippen LogP contribution in [0.4, 0.5) is 4.39 Å². The van der Waals surface area contributed by atoms with Gasteiger partial charge in [0.25, 0.3) is 0 Å². The number of quaternary nitrogens is 1. The molecule has 1 aliphatic rings. The third-order valence-electron chi connectivity index (χ3n) is 5.69. The van der Waals surface area contributed by atoms with Gasteiger partial charge in [0.05, 0.1) is 33.4 Å². The molecule has 0 aliphatic carbocycles. The first-order valence-electron chi connectivity index (χ1n) is 10.4. The number of ether oxygens (including phenoxy) is 2. The second-order valence-electron chi connectivity index (χ2n) is 7.77. The van der Waals surface area contributed by atoms with Crippen molar-refractivity contribution in [2.75, 3.05) is 33.4 Å². The number of carbonyl (C=O) groups is 2. The van der Waals surface area contributed by atoms with E-state index in [0.717, 1.165) is 38.9 Å². The molecule has 5 nitrogen and oxygen atoms in total. The number of methoxy groups -OCH3 is 1. The Balaban J connectivity index is 0.00000341. The molecule has 2 aromatic rings. The summed E-state index contributed by atoms with van der Waals surface area (Å²) in [5.74, 6) is 1.03. The molecule has 0 amide bonds. The molecule has 1 saturated heterocycles. The number of benzene rings is 2. The van der Waals surface area contributed by atoms with E-state index in [1.165, 1.54) is 24.0 Å². The fraction of sp³-hybridized carbons (Fsp3) is 0.417. The van der Waals surface area contributed by atoms with Gasteiger partial charge in [0.2, 0.25) is 0 Å². The van der Waals surface area contributed by atoms with Gasteiger partial charge in [-0.05, 0) is 49.4 Å². The highest BCUT2D eigenvalue weighted by Crippen LogP contribution is 2.28. The summed E-state index contributed by atoms with van der Waals surface area (Å²) in [5, 5.41) is 0. The lowest BCUT2D eigenvalue weighted by molar-refractivity contribution is -0.905. The summed E-state index contributed by atoms with van der Waals surface area (Å²) >= 11 is 0. The zero-order valence-corrected chi connectivity index (χ0v) is 18.7. The van der Waals surface area contributed by atoms with Crippen molar-refractivity contribution < 1.29 is 40.8 Å². The highest BCUT2D eigenvalue weighted by atomic mass is 35.5. The van der Waals surface area contributed by atoms with Crippen LogP contribution in [0.5, 0.6) is 11.5 Å². The SMILES string of the molecule is COc1cc(C(C)=O)ccc1OCCC[NH+]1CCC(C(=O)c2ccc(F)cc2)CC1.[Cl-]. The first-order valence-corrected chi connectivity index (χ1v) is 10.4. The van der Waals surface area contributed by atoms with E-state index in [9.17, 15) is 14.0 Å². The maximum absolute atomic E-state index is 13.0. The number of Topliss-reactive ketones (excluding diaryl/α,β-unsaturated/α-hetero) is 2. The highest BCUT2D eigenvalue weighted by Gasteiger charge is 2.27. The van der Waals surface area contributed by atoms with Crippen LogP contribution >= 0.6 is 0 Å². The average molecular weight is 450 g/mol. The molecule has 7 heteroatoms. The zero-order chi connectivity index (χ0) is 21.5. The Morgan fingerprint density at radius 2 is 1.68 bits per heavy atom.